The van der Waals surface area contributed by atoms with E-state index in [9.17, 15) is 4.39 Å². The van der Waals surface area contributed by atoms with Crippen LogP contribution in [-0.4, -0.2) is 5.11 Å². The highest BCUT2D eigenvalue weighted by molar-refractivity contribution is 5.85. The predicted molar refractivity (Wildman–Crippen MR) is 73.7 cm³/mol. The Labute approximate surface area is 113 Å². The summed E-state index contributed by atoms with van der Waals surface area (Å²) in [7, 11) is 0. The van der Waals surface area contributed by atoms with Gasteiger partial charge in [0.2, 0.25) is 0 Å². The molecular weight excluding hydrogens is 262 g/mol. The van der Waals surface area contributed by atoms with Gasteiger partial charge in [-0.3, -0.25) is 0 Å². The summed E-state index contributed by atoms with van der Waals surface area (Å²) in [4.78, 5) is 0. The molecule has 2 aromatic carbocycles. The van der Waals surface area contributed by atoms with Crippen molar-refractivity contribution in [3.63, 3.8) is 0 Å². The summed E-state index contributed by atoms with van der Waals surface area (Å²) < 4.78 is 12.0. The zero-order chi connectivity index (χ0) is 11.1. The van der Waals surface area contributed by atoms with Gasteiger partial charge in [0.25, 0.3) is 0 Å². The molecule has 0 aliphatic rings. The molecule has 4 heteroatoms. The SMILES string of the molecule is Cc1ccccc1.Cl.Cl.Oc1ccc(F)cc1. The van der Waals surface area contributed by atoms with Crippen LogP contribution in [0, 0.1) is 12.7 Å². The van der Waals surface area contributed by atoms with Crippen molar-refractivity contribution < 1.29 is 9.50 Å². The Morgan fingerprint density at radius 3 is 1.59 bits per heavy atom. The summed E-state index contributed by atoms with van der Waals surface area (Å²) in [5.41, 5.74) is 1.32. The summed E-state index contributed by atoms with van der Waals surface area (Å²) in [6, 6.07) is 15.3. The fraction of sp³-hybridized carbons (Fsp3) is 0.0769. The summed E-state index contributed by atoms with van der Waals surface area (Å²) >= 11 is 0. The molecule has 17 heavy (non-hydrogen) atoms. The van der Waals surface area contributed by atoms with Gasteiger partial charge in [0.15, 0.2) is 0 Å². The van der Waals surface area contributed by atoms with Crippen LogP contribution in [-0.2, 0) is 0 Å². The molecule has 0 aromatic heterocycles. The van der Waals surface area contributed by atoms with E-state index in [0.717, 1.165) is 0 Å². The van der Waals surface area contributed by atoms with Gasteiger partial charge in [-0.2, -0.15) is 0 Å². The number of halogens is 3. The van der Waals surface area contributed by atoms with Crippen LogP contribution in [0.25, 0.3) is 0 Å². The number of aromatic hydroxyl groups is 1. The van der Waals surface area contributed by atoms with Crippen molar-refractivity contribution in [1.29, 1.82) is 0 Å². The third kappa shape index (κ3) is 8.55. The fourth-order valence-corrected chi connectivity index (χ4v) is 0.975. The van der Waals surface area contributed by atoms with Gasteiger partial charge in [-0.1, -0.05) is 35.9 Å². The van der Waals surface area contributed by atoms with E-state index < -0.39 is 0 Å². The van der Waals surface area contributed by atoms with Crippen molar-refractivity contribution in [1.82, 2.24) is 0 Å². The average Bonchev–Trinajstić information content (AvgIpc) is 2.25. The van der Waals surface area contributed by atoms with Crippen LogP contribution in [0.1, 0.15) is 5.56 Å². The minimum atomic E-state index is -0.331. The number of phenolic OH excluding ortho intramolecular Hbond substituents is 1. The minimum absolute atomic E-state index is 0. The molecule has 0 saturated carbocycles. The summed E-state index contributed by atoms with van der Waals surface area (Å²) in [5.74, 6) is -0.241. The quantitative estimate of drug-likeness (QED) is 0.758. The van der Waals surface area contributed by atoms with Crippen LogP contribution < -0.4 is 0 Å². The molecule has 2 rings (SSSR count). The zero-order valence-electron chi connectivity index (χ0n) is 9.34. The second kappa shape index (κ2) is 9.94. The lowest BCUT2D eigenvalue weighted by Crippen LogP contribution is -1.67. The van der Waals surface area contributed by atoms with Crippen LogP contribution in [0.15, 0.2) is 54.6 Å². The molecule has 0 heterocycles. The summed E-state index contributed by atoms with van der Waals surface area (Å²) in [6.45, 7) is 2.08. The van der Waals surface area contributed by atoms with E-state index in [1.165, 1.54) is 29.8 Å². The van der Waals surface area contributed by atoms with E-state index in [4.69, 9.17) is 5.11 Å². The highest BCUT2D eigenvalue weighted by Crippen LogP contribution is 2.06. The topological polar surface area (TPSA) is 20.2 Å². The van der Waals surface area contributed by atoms with Gasteiger partial charge in [-0.05, 0) is 31.2 Å². The lowest BCUT2D eigenvalue weighted by atomic mass is 10.2. The Hall–Kier alpha value is -1.25. The first kappa shape index (κ1) is 18.1. The standard InChI is InChI=1S/C7H8.C6H5FO.2ClH/c1-7-5-3-2-4-6-7;7-5-1-3-6(8)4-2-5;;/h2-6H,1H3;1-4,8H;2*1H. The third-order valence-electron chi connectivity index (χ3n) is 1.77. The van der Waals surface area contributed by atoms with Gasteiger partial charge < -0.3 is 5.11 Å². The Kier molecular flexibility index (Phi) is 10.6. The van der Waals surface area contributed by atoms with Gasteiger partial charge in [0, 0.05) is 0 Å². The lowest BCUT2D eigenvalue weighted by Gasteiger charge is -1.86. The largest absolute Gasteiger partial charge is 0.508 e. The number of phenols is 1. The molecule has 1 nitrogen and oxygen atoms in total. The molecule has 0 aliphatic heterocycles. The molecule has 0 bridgehead atoms. The number of hydrogen-bond acceptors (Lipinski definition) is 1. The Morgan fingerprint density at radius 2 is 1.29 bits per heavy atom. The van der Waals surface area contributed by atoms with E-state index in [1.807, 2.05) is 18.2 Å². The summed E-state index contributed by atoms with van der Waals surface area (Å²) in [5, 5.41) is 8.59. The van der Waals surface area contributed by atoms with Crippen LogP contribution in [0.5, 0.6) is 5.75 Å². The number of hydrogen-bond donors (Lipinski definition) is 1. The molecular formula is C13H15Cl2FO. The van der Waals surface area contributed by atoms with E-state index in [0.29, 0.717) is 0 Å². The first-order chi connectivity index (χ1) is 7.18. The van der Waals surface area contributed by atoms with E-state index in [2.05, 4.69) is 19.1 Å². The smallest absolute Gasteiger partial charge is 0.123 e. The second-order valence-electron chi connectivity index (χ2n) is 3.13. The van der Waals surface area contributed by atoms with Crippen molar-refractivity contribution in [3.8, 4) is 5.75 Å². The molecule has 0 radical (unpaired) electrons. The van der Waals surface area contributed by atoms with Crippen LogP contribution >= 0.6 is 24.8 Å². The first-order valence-electron chi connectivity index (χ1n) is 4.64. The predicted octanol–water partition coefficient (Wildman–Crippen LogP) is 4.37. The maximum atomic E-state index is 12.0. The van der Waals surface area contributed by atoms with Crippen molar-refractivity contribution >= 4 is 24.8 Å². The van der Waals surface area contributed by atoms with Gasteiger partial charge in [-0.25, -0.2) is 4.39 Å². The normalized spacial score (nSPS) is 7.88. The first-order valence-corrected chi connectivity index (χ1v) is 4.64. The number of rotatable bonds is 0. The summed E-state index contributed by atoms with van der Waals surface area (Å²) in [6.07, 6.45) is 0. The molecule has 94 valence electrons. The van der Waals surface area contributed by atoms with E-state index in [1.54, 1.807) is 0 Å². The molecule has 2 aromatic rings. The van der Waals surface area contributed by atoms with E-state index >= 15 is 0 Å². The highest BCUT2D eigenvalue weighted by Gasteiger charge is 1.85. The molecule has 0 aliphatic carbocycles. The maximum Gasteiger partial charge on any atom is 0.123 e. The number of benzene rings is 2. The lowest BCUT2D eigenvalue weighted by molar-refractivity contribution is 0.473. The third-order valence-corrected chi connectivity index (χ3v) is 1.77. The Bertz CT molecular complexity index is 369. The van der Waals surface area contributed by atoms with Crippen molar-refractivity contribution in [3.05, 3.63) is 66.0 Å². The zero-order valence-corrected chi connectivity index (χ0v) is 11.0. The van der Waals surface area contributed by atoms with Crippen LogP contribution in [0.3, 0.4) is 0 Å². The molecule has 0 saturated heterocycles. The molecule has 0 atom stereocenters. The monoisotopic (exact) mass is 276 g/mol. The molecule has 0 fully saturated rings. The fourth-order valence-electron chi connectivity index (χ4n) is 0.975. The van der Waals surface area contributed by atoms with Crippen LogP contribution in [0.2, 0.25) is 0 Å². The number of aryl methyl sites for hydroxylation is 1. The van der Waals surface area contributed by atoms with Gasteiger partial charge in [-0.15, -0.1) is 24.8 Å². The molecule has 1 N–H and O–H groups in total. The van der Waals surface area contributed by atoms with Gasteiger partial charge >= 0.3 is 0 Å². The van der Waals surface area contributed by atoms with Gasteiger partial charge in [0.1, 0.15) is 11.6 Å². The van der Waals surface area contributed by atoms with Crippen molar-refractivity contribution in [2.45, 2.75) is 6.92 Å². The highest BCUT2D eigenvalue weighted by atomic mass is 35.5. The molecule has 0 amide bonds. The molecule has 0 unspecified atom stereocenters. The Morgan fingerprint density at radius 1 is 0.824 bits per heavy atom. The van der Waals surface area contributed by atoms with Crippen molar-refractivity contribution in [2.24, 2.45) is 0 Å². The Balaban J connectivity index is 0. The van der Waals surface area contributed by atoms with Crippen molar-refractivity contribution in [2.75, 3.05) is 0 Å². The minimum Gasteiger partial charge on any atom is -0.508 e. The average molecular weight is 277 g/mol. The molecule has 0 spiro atoms. The van der Waals surface area contributed by atoms with Gasteiger partial charge in [0.05, 0.1) is 0 Å². The second-order valence-corrected chi connectivity index (χ2v) is 3.13. The maximum absolute atomic E-state index is 12.0. The van der Waals surface area contributed by atoms with Crippen LogP contribution in [0.4, 0.5) is 4.39 Å². The van der Waals surface area contributed by atoms with E-state index in [-0.39, 0.29) is 36.4 Å².